The van der Waals surface area contributed by atoms with Crippen LogP contribution >= 0.6 is 11.3 Å². The highest BCUT2D eigenvalue weighted by Gasteiger charge is 2.27. The van der Waals surface area contributed by atoms with Crippen LogP contribution in [0.3, 0.4) is 0 Å². The third-order valence-corrected chi connectivity index (χ3v) is 4.62. The summed E-state index contributed by atoms with van der Waals surface area (Å²) in [5.41, 5.74) is 7.37. The van der Waals surface area contributed by atoms with Crippen LogP contribution in [-0.4, -0.2) is 37.7 Å². The fourth-order valence-corrected chi connectivity index (χ4v) is 3.57. The number of aryl methyl sites for hydroxylation is 2. The van der Waals surface area contributed by atoms with Gasteiger partial charge in [-0.25, -0.2) is 0 Å². The van der Waals surface area contributed by atoms with Crippen LogP contribution < -0.4 is 5.73 Å². The molecule has 0 aliphatic carbocycles. The standard InChI is InChI=1S/C13H22N2OS/c1-9-6-12(10(2)17-9)13(7-14)15(3)11-4-5-16-8-11/h6,11,13H,4-5,7-8,14H2,1-3H3. The maximum Gasteiger partial charge on any atom is 0.0622 e. The molecule has 0 aromatic carbocycles. The van der Waals surface area contributed by atoms with E-state index in [-0.39, 0.29) is 0 Å². The van der Waals surface area contributed by atoms with E-state index in [4.69, 9.17) is 10.5 Å². The average molecular weight is 254 g/mol. The minimum atomic E-state index is 0.326. The SMILES string of the molecule is Cc1cc(C(CN)N(C)C2CCOC2)c(C)s1. The van der Waals surface area contributed by atoms with E-state index >= 15 is 0 Å². The molecule has 1 aromatic rings. The third-order valence-electron chi connectivity index (χ3n) is 3.63. The Morgan fingerprint density at radius 1 is 1.59 bits per heavy atom. The van der Waals surface area contributed by atoms with Gasteiger partial charge in [-0.3, -0.25) is 4.90 Å². The Morgan fingerprint density at radius 2 is 2.35 bits per heavy atom. The number of hydrogen-bond donors (Lipinski definition) is 1. The summed E-state index contributed by atoms with van der Waals surface area (Å²) >= 11 is 1.86. The largest absolute Gasteiger partial charge is 0.380 e. The number of hydrogen-bond acceptors (Lipinski definition) is 4. The van der Waals surface area contributed by atoms with E-state index in [9.17, 15) is 0 Å². The number of nitrogens with zero attached hydrogens (tertiary/aromatic N) is 1. The number of nitrogens with two attached hydrogens (primary N) is 1. The minimum absolute atomic E-state index is 0.326. The van der Waals surface area contributed by atoms with Crippen molar-refractivity contribution in [2.24, 2.45) is 5.73 Å². The lowest BCUT2D eigenvalue weighted by atomic mass is 10.0. The number of rotatable bonds is 4. The van der Waals surface area contributed by atoms with Gasteiger partial charge in [0.25, 0.3) is 0 Å². The van der Waals surface area contributed by atoms with E-state index in [1.54, 1.807) is 0 Å². The zero-order chi connectivity index (χ0) is 12.4. The molecule has 0 bridgehead atoms. The van der Waals surface area contributed by atoms with Crippen molar-refractivity contribution in [3.8, 4) is 0 Å². The summed E-state index contributed by atoms with van der Waals surface area (Å²) in [6.07, 6.45) is 1.12. The summed E-state index contributed by atoms with van der Waals surface area (Å²) in [7, 11) is 2.17. The van der Waals surface area contributed by atoms with Crippen LogP contribution in [-0.2, 0) is 4.74 Å². The summed E-state index contributed by atoms with van der Waals surface area (Å²) in [5, 5.41) is 0. The molecule has 4 heteroatoms. The molecule has 2 N–H and O–H groups in total. The zero-order valence-corrected chi connectivity index (χ0v) is 11.7. The highest BCUT2D eigenvalue weighted by atomic mass is 32.1. The fourth-order valence-electron chi connectivity index (χ4n) is 2.59. The molecule has 1 aliphatic rings. The van der Waals surface area contributed by atoms with Crippen molar-refractivity contribution in [3.63, 3.8) is 0 Å². The summed E-state index contributed by atoms with van der Waals surface area (Å²) in [6, 6.07) is 3.12. The molecule has 96 valence electrons. The highest BCUT2D eigenvalue weighted by molar-refractivity contribution is 7.12. The first kappa shape index (κ1) is 13.0. The Labute approximate surface area is 108 Å². The molecule has 2 heterocycles. The highest BCUT2D eigenvalue weighted by Crippen LogP contribution is 2.31. The van der Waals surface area contributed by atoms with Crippen molar-refractivity contribution in [1.29, 1.82) is 0 Å². The molecule has 0 radical (unpaired) electrons. The van der Waals surface area contributed by atoms with E-state index in [0.29, 0.717) is 18.6 Å². The molecule has 3 nitrogen and oxygen atoms in total. The Hall–Kier alpha value is -0.420. The van der Waals surface area contributed by atoms with E-state index < -0.39 is 0 Å². The van der Waals surface area contributed by atoms with Crippen LogP contribution in [0.25, 0.3) is 0 Å². The molecule has 2 rings (SSSR count). The van der Waals surface area contributed by atoms with Crippen LogP contribution in [0.4, 0.5) is 0 Å². The first-order valence-corrected chi connectivity index (χ1v) is 7.01. The van der Waals surface area contributed by atoms with E-state index in [2.05, 4.69) is 31.9 Å². The van der Waals surface area contributed by atoms with Gasteiger partial charge in [0.2, 0.25) is 0 Å². The molecule has 2 atom stereocenters. The molecule has 2 unspecified atom stereocenters. The van der Waals surface area contributed by atoms with Crippen LogP contribution in [0.1, 0.15) is 27.8 Å². The lowest BCUT2D eigenvalue weighted by molar-refractivity contribution is 0.134. The smallest absolute Gasteiger partial charge is 0.0622 e. The molecule has 0 spiro atoms. The van der Waals surface area contributed by atoms with Crippen molar-refractivity contribution in [2.75, 3.05) is 26.8 Å². The quantitative estimate of drug-likeness (QED) is 0.894. The Kier molecular flexibility index (Phi) is 4.20. The predicted octanol–water partition coefficient (Wildman–Crippen LogP) is 2.09. The molecule has 1 fully saturated rings. The van der Waals surface area contributed by atoms with Gasteiger partial charge in [-0.05, 0) is 38.9 Å². The maximum atomic E-state index is 5.97. The summed E-state index contributed by atoms with van der Waals surface area (Å²) in [6.45, 7) is 6.75. The lowest BCUT2D eigenvalue weighted by Gasteiger charge is -2.31. The number of likely N-dealkylation sites (N-methyl/N-ethyl adjacent to an activating group) is 1. The van der Waals surface area contributed by atoms with Gasteiger partial charge < -0.3 is 10.5 Å². The second-order valence-electron chi connectivity index (χ2n) is 4.80. The number of thiophene rings is 1. The maximum absolute atomic E-state index is 5.97. The van der Waals surface area contributed by atoms with Crippen molar-refractivity contribution in [2.45, 2.75) is 32.4 Å². The van der Waals surface area contributed by atoms with Gasteiger partial charge in [0.15, 0.2) is 0 Å². The van der Waals surface area contributed by atoms with Crippen LogP contribution in [0.5, 0.6) is 0 Å². The molecule has 1 aromatic heterocycles. The van der Waals surface area contributed by atoms with E-state index in [1.165, 1.54) is 15.3 Å². The molecular formula is C13H22N2OS. The van der Waals surface area contributed by atoms with Crippen molar-refractivity contribution >= 4 is 11.3 Å². The van der Waals surface area contributed by atoms with Crippen LogP contribution in [0.2, 0.25) is 0 Å². The predicted molar refractivity (Wildman–Crippen MR) is 72.6 cm³/mol. The number of ether oxygens (including phenoxy) is 1. The van der Waals surface area contributed by atoms with Crippen molar-refractivity contribution in [3.05, 3.63) is 21.4 Å². The Bertz CT molecular complexity index is 371. The molecule has 0 amide bonds. The molecule has 0 saturated carbocycles. The average Bonchev–Trinajstić information content (AvgIpc) is 2.90. The molecular weight excluding hydrogens is 232 g/mol. The van der Waals surface area contributed by atoms with Gasteiger partial charge in [-0.1, -0.05) is 0 Å². The fraction of sp³-hybridized carbons (Fsp3) is 0.692. The minimum Gasteiger partial charge on any atom is -0.380 e. The second kappa shape index (κ2) is 5.48. The summed E-state index contributed by atoms with van der Waals surface area (Å²) in [4.78, 5) is 5.15. The Morgan fingerprint density at radius 3 is 2.82 bits per heavy atom. The Balaban J connectivity index is 2.17. The van der Waals surface area contributed by atoms with Crippen molar-refractivity contribution in [1.82, 2.24) is 4.90 Å². The second-order valence-corrected chi connectivity index (χ2v) is 6.26. The first-order valence-electron chi connectivity index (χ1n) is 6.20. The van der Waals surface area contributed by atoms with Crippen molar-refractivity contribution < 1.29 is 4.74 Å². The summed E-state index contributed by atoms with van der Waals surface area (Å²) in [5.74, 6) is 0. The first-order chi connectivity index (χ1) is 8.13. The van der Waals surface area contributed by atoms with Crippen LogP contribution in [0.15, 0.2) is 6.07 Å². The van der Waals surface area contributed by atoms with Gasteiger partial charge >= 0.3 is 0 Å². The van der Waals surface area contributed by atoms with Gasteiger partial charge in [0.05, 0.1) is 6.61 Å². The molecule has 17 heavy (non-hydrogen) atoms. The summed E-state index contributed by atoms with van der Waals surface area (Å²) < 4.78 is 5.46. The third kappa shape index (κ3) is 2.71. The monoisotopic (exact) mass is 254 g/mol. The van der Waals surface area contributed by atoms with Gasteiger partial charge in [0.1, 0.15) is 0 Å². The molecule has 1 aliphatic heterocycles. The normalized spacial score (nSPS) is 22.3. The van der Waals surface area contributed by atoms with Gasteiger partial charge in [-0.15, -0.1) is 11.3 Å². The van der Waals surface area contributed by atoms with E-state index in [0.717, 1.165) is 19.6 Å². The zero-order valence-electron chi connectivity index (χ0n) is 10.9. The van der Waals surface area contributed by atoms with Gasteiger partial charge in [0, 0.05) is 35.0 Å². The van der Waals surface area contributed by atoms with Crippen LogP contribution in [0, 0.1) is 13.8 Å². The van der Waals surface area contributed by atoms with E-state index in [1.807, 2.05) is 11.3 Å². The van der Waals surface area contributed by atoms with Gasteiger partial charge in [-0.2, -0.15) is 0 Å². The lowest BCUT2D eigenvalue weighted by Crippen LogP contribution is -2.39. The molecule has 1 saturated heterocycles. The topological polar surface area (TPSA) is 38.5 Å².